The van der Waals surface area contributed by atoms with Crippen molar-refractivity contribution in [1.29, 1.82) is 0 Å². The topological polar surface area (TPSA) is 87.3 Å². The summed E-state index contributed by atoms with van der Waals surface area (Å²) < 4.78 is 4.99. The number of nitrogens with one attached hydrogen (secondary N) is 2. The molecule has 0 radical (unpaired) electrons. The number of carbonyl (C=O) groups excluding carboxylic acids is 1. The maximum atomic E-state index is 11.5. The van der Waals surface area contributed by atoms with Gasteiger partial charge in [0.15, 0.2) is 5.82 Å². The molecular weight excluding hydrogens is 224 g/mol. The molecule has 94 valence electrons. The molecule has 0 bridgehead atoms. The third kappa shape index (κ3) is 2.96. The van der Waals surface area contributed by atoms with Crippen LogP contribution in [-0.4, -0.2) is 43.1 Å². The number of rotatable bonds is 5. The van der Waals surface area contributed by atoms with Crippen molar-refractivity contribution >= 4 is 11.7 Å². The van der Waals surface area contributed by atoms with E-state index in [0.29, 0.717) is 12.4 Å². The van der Waals surface area contributed by atoms with Gasteiger partial charge in [0, 0.05) is 13.6 Å². The van der Waals surface area contributed by atoms with E-state index in [9.17, 15) is 9.59 Å². The summed E-state index contributed by atoms with van der Waals surface area (Å²) in [4.78, 5) is 30.9. The molecular formula is C10H16N4O3. The van der Waals surface area contributed by atoms with Crippen LogP contribution in [-0.2, 0) is 4.79 Å². The first-order chi connectivity index (χ1) is 8.13. The van der Waals surface area contributed by atoms with E-state index in [0.717, 1.165) is 0 Å². The normalized spacial score (nSPS) is 9.82. The van der Waals surface area contributed by atoms with Crippen molar-refractivity contribution in [2.75, 3.05) is 32.1 Å². The van der Waals surface area contributed by atoms with Gasteiger partial charge < -0.3 is 19.9 Å². The number of H-pyrrole nitrogens is 1. The number of ether oxygens (including phenoxy) is 1. The number of hydrogen-bond acceptors (Lipinski definition) is 5. The third-order valence-corrected chi connectivity index (χ3v) is 2.29. The molecule has 0 aliphatic rings. The Morgan fingerprint density at radius 2 is 2.35 bits per heavy atom. The minimum absolute atomic E-state index is 0.109. The van der Waals surface area contributed by atoms with E-state index in [-0.39, 0.29) is 23.8 Å². The minimum atomic E-state index is -0.368. The molecule has 0 aliphatic heterocycles. The fourth-order valence-corrected chi connectivity index (χ4v) is 1.38. The number of likely N-dealkylation sites (N-methyl/N-ethyl adjacent to an activating group) is 2. The number of hydrogen-bond donors (Lipinski definition) is 2. The summed E-state index contributed by atoms with van der Waals surface area (Å²) in [6.45, 7) is 2.53. The maximum absolute atomic E-state index is 11.5. The number of aromatic amines is 1. The highest BCUT2D eigenvalue weighted by Crippen LogP contribution is 2.19. The average molecular weight is 240 g/mol. The third-order valence-electron chi connectivity index (χ3n) is 2.29. The molecule has 1 rings (SSSR count). The standard InChI is InChI=1S/C10H16N4O3/c1-4-14(5-7(15)11-2)9-8(17-3)10(16)13-6-12-9/h6H,4-5H2,1-3H3,(H,11,15)(H,12,13,16). The smallest absolute Gasteiger partial charge is 0.295 e. The molecule has 17 heavy (non-hydrogen) atoms. The SMILES string of the molecule is CCN(CC(=O)NC)c1nc[nH]c(=O)c1OC. The van der Waals surface area contributed by atoms with Crippen LogP contribution in [0.5, 0.6) is 5.75 Å². The van der Waals surface area contributed by atoms with Gasteiger partial charge in [0.2, 0.25) is 11.7 Å². The summed E-state index contributed by atoms with van der Waals surface area (Å²) in [7, 11) is 2.95. The minimum Gasteiger partial charge on any atom is -0.489 e. The van der Waals surface area contributed by atoms with Gasteiger partial charge >= 0.3 is 0 Å². The Morgan fingerprint density at radius 1 is 1.65 bits per heavy atom. The molecule has 1 aromatic heterocycles. The van der Waals surface area contributed by atoms with Crippen molar-refractivity contribution in [3.8, 4) is 5.75 Å². The van der Waals surface area contributed by atoms with Crippen LogP contribution in [0.1, 0.15) is 6.92 Å². The second kappa shape index (κ2) is 5.88. The van der Waals surface area contributed by atoms with Crippen LogP contribution in [0.25, 0.3) is 0 Å². The molecule has 1 aromatic rings. The number of amides is 1. The van der Waals surface area contributed by atoms with Crippen LogP contribution in [0.15, 0.2) is 11.1 Å². The molecule has 0 saturated heterocycles. The lowest BCUT2D eigenvalue weighted by atomic mass is 10.4. The molecule has 7 nitrogen and oxygen atoms in total. The Morgan fingerprint density at radius 3 is 2.88 bits per heavy atom. The van der Waals surface area contributed by atoms with Gasteiger partial charge in [-0.2, -0.15) is 0 Å². The molecule has 1 amide bonds. The highest BCUT2D eigenvalue weighted by Gasteiger charge is 2.17. The van der Waals surface area contributed by atoms with Gasteiger partial charge in [0.1, 0.15) is 0 Å². The molecule has 0 spiro atoms. The van der Waals surface area contributed by atoms with Crippen molar-refractivity contribution in [3.63, 3.8) is 0 Å². The van der Waals surface area contributed by atoms with Crippen LogP contribution in [0, 0.1) is 0 Å². The largest absolute Gasteiger partial charge is 0.489 e. The molecule has 0 aromatic carbocycles. The highest BCUT2D eigenvalue weighted by atomic mass is 16.5. The van der Waals surface area contributed by atoms with Gasteiger partial charge in [-0.25, -0.2) is 4.98 Å². The number of aromatic nitrogens is 2. The van der Waals surface area contributed by atoms with Crippen molar-refractivity contribution in [3.05, 3.63) is 16.7 Å². The van der Waals surface area contributed by atoms with Crippen LogP contribution in [0.3, 0.4) is 0 Å². The lowest BCUT2D eigenvalue weighted by Gasteiger charge is -2.21. The van der Waals surface area contributed by atoms with Gasteiger partial charge in [0.25, 0.3) is 5.56 Å². The van der Waals surface area contributed by atoms with Gasteiger partial charge in [-0.15, -0.1) is 0 Å². The Kier molecular flexibility index (Phi) is 4.50. The van der Waals surface area contributed by atoms with Crippen molar-refractivity contribution < 1.29 is 9.53 Å². The Bertz CT molecular complexity index is 443. The van der Waals surface area contributed by atoms with Crippen molar-refractivity contribution in [1.82, 2.24) is 15.3 Å². The number of nitrogens with zero attached hydrogens (tertiary/aromatic N) is 2. The number of carbonyl (C=O) groups is 1. The lowest BCUT2D eigenvalue weighted by molar-refractivity contribution is -0.119. The van der Waals surface area contributed by atoms with E-state index in [1.165, 1.54) is 13.4 Å². The monoisotopic (exact) mass is 240 g/mol. The highest BCUT2D eigenvalue weighted by molar-refractivity contribution is 5.81. The molecule has 0 fully saturated rings. The van der Waals surface area contributed by atoms with E-state index < -0.39 is 0 Å². The summed E-state index contributed by atoms with van der Waals surface area (Å²) >= 11 is 0. The summed E-state index contributed by atoms with van der Waals surface area (Å²) in [6.07, 6.45) is 1.28. The quantitative estimate of drug-likeness (QED) is 0.714. The fourth-order valence-electron chi connectivity index (χ4n) is 1.38. The lowest BCUT2D eigenvalue weighted by Crippen LogP contribution is -2.36. The first-order valence-electron chi connectivity index (χ1n) is 5.21. The first kappa shape index (κ1) is 13.0. The second-order valence-electron chi connectivity index (χ2n) is 3.28. The Labute approximate surface area is 98.8 Å². The van der Waals surface area contributed by atoms with Crippen LogP contribution in [0.2, 0.25) is 0 Å². The summed E-state index contributed by atoms with van der Waals surface area (Å²) in [5.41, 5.74) is -0.368. The molecule has 0 atom stereocenters. The van der Waals surface area contributed by atoms with Gasteiger partial charge in [-0.3, -0.25) is 9.59 Å². The zero-order chi connectivity index (χ0) is 12.8. The predicted octanol–water partition coefficient (Wildman–Crippen LogP) is -0.649. The van der Waals surface area contributed by atoms with Gasteiger partial charge in [0.05, 0.1) is 20.0 Å². The van der Waals surface area contributed by atoms with Gasteiger partial charge in [-0.1, -0.05) is 0 Å². The van der Waals surface area contributed by atoms with E-state index in [2.05, 4.69) is 15.3 Å². The van der Waals surface area contributed by atoms with E-state index in [1.807, 2.05) is 6.92 Å². The summed E-state index contributed by atoms with van der Waals surface area (Å²) in [6, 6.07) is 0. The summed E-state index contributed by atoms with van der Waals surface area (Å²) in [5.74, 6) is 0.316. The van der Waals surface area contributed by atoms with Gasteiger partial charge in [-0.05, 0) is 6.92 Å². The Balaban J connectivity index is 3.07. The molecule has 7 heteroatoms. The zero-order valence-corrected chi connectivity index (χ0v) is 10.1. The molecule has 1 heterocycles. The average Bonchev–Trinajstić information content (AvgIpc) is 2.35. The van der Waals surface area contributed by atoms with E-state index in [1.54, 1.807) is 11.9 Å². The first-order valence-corrected chi connectivity index (χ1v) is 5.21. The fraction of sp³-hybridized carbons (Fsp3) is 0.500. The van der Waals surface area contributed by atoms with E-state index >= 15 is 0 Å². The van der Waals surface area contributed by atoms with Crippen molar-refractivity contribution in [2.24, 2.45) is 0 Å². The van der Waals surface area contributed by atoms with E-state index in [4.69, 9.17) is 4.74 Å². The van der Waals surface area contributed by atoms with Crippen LogP contribution >= 0.6 is 0 Å². The predicted molar refractivity (Wildman–Crippen MR) is 63.4 cm³/mol. The number of methoxy groups -OCH3 is 1. The second-order valence-corrected chi connectivity index (χ2v) is 3.28. The number of anilines is 1. The molecule has 0 unspecified atom stereocenters. The summed E-state index contributed by atoms with van der Waals surface area (Å²) in [5, 5.41) is 2.52. The van der Waals surface area contributed by atoms with Crippen LogP contribution in [0.4, 0.5) is 5.82 Å². The zero-order valence-electron chi connectivity index (χ0n) is 10.1. The maximum Gasteiger partial charge on any atom is 0.295 e. The molecule has 0 aliphatic carbocycles. The van der Waals surface area contributed by atoms with Crippen molar-refractivity contribution in [2.45, 2.75) is 6.92 Å². The molecule has 2 N–H and O–H groups in total. The molecule has 0 saturated carbocycles. The van der Waals surface area contributed by atoms with Crippen LogP contribution < -0.4 is 20.5 Å². The Hall–Kier alpha value is -2.05.